The fourth-order valence-electron chi connectivity index (χ4n) is 2.55. The van der Waals surface area contributed by atoms with Gasteiger partial charge in [-0.05, 0) is 52.6 Å². The van der Waals surface area contributed by atoms with Crippen LogP contribution < -0.4 is 5.32 Å². The number of aryl methyl sites for hydroxylation is 2. The lowest BCUT2D eigenvalue weighted by Crippen LogP contribution is -2.12. The molecular weight excluding hydrogens is 200 g/mol. The van der Waals surface area contributed by atoms with Crippen LogP contribution in [0.5, 0.6) is 0 Å². The van der Waals surface area contributed by atoms with E-state index >= 15 is 0 Å². The third kappa shape index (κ3) is 2.43. The van der Waals surface area contributed by atoms with E-state index in [0.717, 1.165) is 24.0 Å². The molecule has 1 saturated heterocycles. The molecule has 1 aromatic rings. The summed E-state index contributed by atoms with van der Waals surface area (Å²) >= 11 is 0. The summed E-state index contributed by atoms with van der Waals surface area (Å²) in [6, 6.07) is 0.465. The van der Waals surface area contributed by atoms with Crippen LogP contribution in [-0.4, -0.2) is 27.9 Å². The third-order valence-electron chi connectivity index (χ3n) is 3.39. The van der Waals surface area contributed by atoms with Crippen molar-refractivity contribution in [1.82, 2.24) is 20.1 Å². The first-order valence-corrected chi connectivity index (χ1v) is 6.29. The smallest absolute Gasteiger partial charge is 0.133 e. The predicted molar refractivity (Wildman–Crippen MR) is 64.4 cm³/mol. The Morgan fingerprint density at radius 2 is 2.25 bits per heavy atom. The molecule has 90 valence electrons. The van der Waals surface area contributed by atoms with Crippen molar-refractivity contribution in [2.24, 2.45) is 5.92 Å². The van der Waals surface area contributed by atoms with E-state index in [2.05, 4.69) is 33.9 Å². The lowest BCUT2D eigenvalue weighted by molar-refractivity contribution is 0.494. The van der Waals surface area contributed by atoms with Crippen LogP contribution in [-0.2, 0) is 6.42 Å². The van der Waals surface area contributed by atoms with E-state index in [-0.39, 0.29) is 0 Å². The van der Waals surface area contributed by atoms with E-state index in [1.807, 2.05) is 6.92 Å². The first-order valence-electron chi connectivity index (χ1n) is 6.29. The van der Waals surface area contributed by atoms with Gasteiger partial charge in [-0.1, -0.05) is 0 Å². The summed E-state index contributed by atoms with van der Waals surface area (Å²) in [5.41, 5.74) is 0. The van der Waals surface area contributed by atoms with E-state index in [1.165, 1.54) is 25.9 Å². The number of hydrogen-bond acceptors (Lipinski definition) is 3. The fraction of sp³-hybridized carbons (Fsp3) is 0.833. The van der Waals surface area contributed by atoms with Crippen molar-refractivity contribution < 1.29 is 0 Å². The first kappa shape index (κ1) is 11.6. The molecule has 4 nitrogen and oxygen atoms in total. The van der Waals surface area contributed by atoms with E-state index in [4.69, 9.17) is 0 Å². The van der Waals surface area contributed by atoms with Gasteiger partial charge in [0.1, 0.15) is 11.6 Å². The molecule has 1 aromatic heterocycles. The van der Waals surface area contributed by atoms with Gasteiger partial charge in [0, 0.05) is 12.5 Å². The zero-order valence-electron chi connectivity index (χ0n) is 10.5. The second-order valence-corrected chi connectivity index (χ2v) is 5.02. The quantitative estimate of drug-likeness (QED) is 0.843. The second-order valence-electron chi connectivity index (χ2n) is 5.02. The van der Waals surface area contributed by atoms with E-state index in [9.17, 15) is 0 Å². The van der Waals surface area contributed by atoms with Gasteiger partial charge in [-0.15, -0.1) is 10.2 Å². The van der Waals surface area contributed by atoms with Crippen molar-refractivity contribution >= 4 is 0 Å². The Balaban J connectivity index is 1.97. The van der Waals surface area contributed by atoms with Crippen molar-refractivity contribution in [1.29, 1.82) is 0 Å². The molecule has 4 heteroatoms. The van der Waals surface area contributed by atoms with Gasteiger partial charge in [0.2, 0.25) is 0 Å². The Morgan fingerprint density at radius 1 is 1.44 bits per heavy atom. The molecule has 1 aliphatic heterocycles. The molecule has 0 amide bonds. The number of rotatable bonds is 4. The van der Waals surface area contributed by atoms with E-state index in [0.29, 0.717) is 6.04 Å². The van der Waals surface area contributed by atoms with Crippen molar-refractivity contribution in [2.45, 2.75) is 46.1 Å². The monoisotopic (exact) mass is 222 g/mol. The molecule has 0 bridgehead atoms. The van der Waals surface area contributed by atoms with Gasteiger partial charge in [0.05, 0.1) is 0 Å². The zero-order chi connectivity index (χ0) is 11.5. The minimum Gasteiger partial charge on any atom is -0.316 e. The van der Waals surface area contributed by atoms with Crippen molar-refractivity contribution in [3.8, 4) is 0 Å². The number of nitrogens with one attached hydrogen (secondary N) is 1. The molecular formula is C12H22N4. The Kier molecular flexibility index (Phi) is 3.59. The SMILES string of the molecule is Cc1nnc(CCC2CCNC2)n1C(C)C. The lowest BCUT2D eigenvalue weighted by Gasteiger charge is -2.13. The Labute approximate surface area is 97.5 Å². The summed E-state index contributed by atoms with van der Waals surface area (Å²) in [6.45, 7) is 8.77. The average molecular weight is 222 g/mol. The van der Waals surface area contributed by atoms with Gasteiger partial charge in [0.25, 0.3) is 0 Å². The van der Waals surface area contributed by atoms with Crippen LogP contribution in [0, 0.1) is 12.8 Å². The van der Waals surface area contributed by atoms with Crippen LogP contribution in [0.4, 0.5) is 0 Å². The highest BCUT2D eigenvalue weighted by Crippen LogP contribution is 2.17. The Bertz CT molecular complexity index is 337. The Hall–Kier alpha value is -0.900. The summed E-state index contributed by atoms with van der Waals surface area (Å²) < 4.78 is 2.25. The summed E-state index contributed by atoms with van der Waals surface area (Å²) in [5, 5.41) is 11.9. The van der Waals surface area contributed by atoms with Crippen molar-refractivity contribution in [3.05, 3.63) is 11.6 Å². The zero-order valence-corrected chi connectivity index (χ0v) is 10.5. The maximum Gasteiger partial charge on any atom is 0.133 e. The summed E-state index contributed by atoms with van der Waals surface area (Å²) in [7, 11) is 0. The van der Waals surface area contributed by atoms with Gasteiger partial charge >= 0.3 is 0 Å². The molecule has 0 spiro atoms. The van der Waals surface area contributed by atoms with Gasteiger partial charge in [-0.25, -0.2) is 0 Å². The first-order chi connectivity index (χ1) is 7.68. The molecule has 2 heterocycles. The minimum absolute atomic E-state index is 0.465. The van der Waals surface area contributed by atoms with Gasteiger partial charge in [0.15, 0.2) is 0 Å². The molecule has 2 rings (SSSR count). The largest absolute Gasteiger partial charge is 0.316 e. The summed E-state index contributed by atoms with van der Waals surface area (Å²) in [6.07, 6.45) is 3.61. The number of hydrogen-bond donors (Lipinski definition) is 1. The molecule has 16 heavy (non-hydrogen) atoms. The molecule has 1 atom stereocenters. The van der Waals surface area contributed by atoms with Gasteiger partial charge in [-0.2, -0.15) is 0 Å². The Morgan fingerprint density at radius 3 is 2.88 bits per heavy atom. The topological polar surface area (TPSA) is 42.7 Å². The van der Waals surface area contributed by atoms with Crippen molar-refractivity contribution in [2.75, 3.05) is 13.1 Å². The molecule has 1 aliphatic rings. The summed E-state index contributed by atoms with van der Waals surface area (Å²) in [5.74, 6) is 3.02. The maximum atomic E-state index is 4.29. The molecule has 0 saturated carbocycles. The van der Waals surface area contributed by atoms with Crippen LogP contribution in [0.25, 0.3) is 0 Å². The molecule has 0 aromatic carbocycles. The second kappa shape index (κ2) is 4.95. The van der Waals surface area contributed by atoms with E-state index < -0.39 is 0 Å². The number of aromatic nitrogens is 3. The fourth-order valence-corrected chi connectivity index (χ4v) is 2.55. The van der Waals surface area contributed by atoms with Gasteiger partial charge in [-0.3, -0.25) is 0 Å². The normalized spacial score (nSPS) is 20.9. The molecule has 1 fully saturated rings. The highest BCUT2D eigenvalue weighted by molar-refractivity contribution is 4.96. The van der Waals surface area contributed by atoms with Crippen LogP contribution >= 0.6 is 0 Å². The van der Waals surface area contributed by atoms with Gasteiger partial charge < -0.3 is 9.88 Å². The lowest BCUT2D eigenvalue weighted by atomic mass is 10.0. The van der Waals surface area contributed by atoms with Crippen LogP contribution in [0.3, 0.4) is 0 Å². The molecule has 0 aliphatic carbocycles. The minimum atomic E-state index is 0.465. The highest BCUT2D eigenvalue weighted by Gasteiger charge is 2.17. The molecule has 1 unspecified atom stereocenters. The van der Waals surface area contributed by atoms with Crippen LogP contribution in [0.1, 0.15) is 44.4 Å². The maximum absolute atomic E-state index is 4.29. The third-order valence-corrected chi connectivity index (χ3v) is 3.39. The molecule has 1 N–H and O–H groups in total. The predicted octanol–water partition coefficient (Wildman–Crippen LogP) is 1.71. The highest BCUT2D eigenvalue weighted by atomic mass is 15.3. The number of nitrogens with zero attached hydrogens (tertiary/aromatic N) is 3. The van der Waals surface area contributed by atoms with Crippen molar-refractivity contribution in [3.63, 3.8) is 0 Å². The average Bonchev–Trinajstić information content (AvgIpc) is 2.83. The summed E-state index contributed by atoms with van der Waals surface area (Å²) in [4.78, 5) is 0. The standard InChI is InChI=1S/C12H22N4/c1-9(2)16-10(3)14-15-12(16)5-4-11-6-7-13-8-11/h9,11,13H,4-8H2,1-3H3. The van der Waals surface area contributed by atoms with E-state index in [1.54, 1.807) is 0 Å². The van der Waals surface area contributed by atoms with Crippen LogP contribution in [0.15, 0.2) is 0 Å². The molecule has 0 radical (unpaired) electrons. The van der Waals surface area contributed by atoms with Crippen LogP contribution in [0.2, 0.25) is 0 Å².